The minimum absolute atomic E-state index is 0.157. The molecule has 3 heterocycles. The van der Waals surface area contributed by atoms with Gasteiger partial charge >= 0.3 is 0 Å². The Morgan fingerprint density at radius 2 is 2.03 bits per heavy atom. The van der Waals surface area contributed by atoms with E-state index in [1.165, 1.54) is 11.3 Å². The highest BCUT2D eigenvalue weighted by Crippen LogP contribution is 2.35. The number of nitrogens with zero attached hydrogens (tertiary/aromatic N) is 3. The third-order valence-corrected chi connectivity index (χ3v) is 5.77. The van der Waals surface area contributed by atoms with Gasteiger partial charge < -0.3 is 14.2 Å². The van der Waals surface area contributed by atoms with Crippen molar-refractivity contribution in [1.82, 2.24) is 9.97 Å². The molecule has 0 saturated heterocycles. The van der Waals surface area contributed by atoms with Crippen LogP contribution in [0, 0.1) is 0 Å². The first-order valence-electron chi connectivity index (χ1n) is 9.27. The number of benzene rings is 2. The predicted molar refractivity (Wildman–Crippen MR) is 113 cm³/mol. The number of amides is 1. The number of aromatic nitrogens is 2. The van der Waals surface area contributed by atoms with E-state index in [2.05, 4.69) is 9.97 Å². The van der Waals surface area contributed by atoms with Crippen molar-refractivity contribution in [3.8, 4) is 17.2 Å². The number of hydrogen-bond donors (Lipinski definition) is 0. The number of carbonyl (C=O) groups is 1. The molecule has 2 aromatic heterocycles. The number of thiazole rings is 1. The topological polar surface area (TPSA) is 73.8 Å². The Kier molecular flexibility index (Phi) is 4.68. The SMILES string of the molecule is COc1ccc2nc(N(Cc3ccccn3)C(=O)c3ccc4c(c3)OCO4)sc2c1. The van der Waals surface area contributed by atoms with Crippen LogP contribution in [0.2, 0.25) is 0 Å². The maximum absolute atomic E-state index is 13.5. The van der Waals surface area contributed by atoms with Crippen molar-refractivity contribution in [2.24, 2.45) is 0 Å². The van der Waals surface area contributed by atoms with Gasteiger partial charge in [0, 0.05) is 11.8 Å². The van der Waals surface area contributed by atoms with Gasteiger partial charge in [0.05, 0.1) is 29.6 Å². The van der Waals surface area contributed by atoms with Crippen LogP contribution in [0.3, 0.4) is 0 Å². The average molecular weight is 419 g/mol. The van der Waals surface area contributed by atoms with E-state index in [1.54, 1.807) is 36.4 Å². The molecule has 5 rings (SSSR count). The standard InChI is InChI=1S/C22H17N3O4S/c1-27-16-6-7-17-20(11-16)30-22(24-17)25(12-15-4-2-3-9-23-15)21(26)14-5-8-18-19(10-14)29-13-28-18/h2-11H,12-13H2,1H3. The number of rotatable bonds is 5. The second kappa shape index (κ2) is 7.64. The molecule has 0 unspecified atom stereocenters. The second-order valence-electron chi connectivity index (χ2n) is 6.61. The van der Waals surface area contributed by atoms with Crippen molar-refractivity contribution in [3.05, 3.63) is 72.1 Å². The van der Waals surface area contributed by atoms with Gasteiger partial charge in [-0.25, -0.2) is 4.98 Å². The summed E-state index contributed by atoms with van der Waals surface area (Å²) >= 11 is 1.43. The van der Waals surface area contributed by atoms with Gasteiger partial charge in [0.1, 0.15) is 5.75 Å². The fourth-order valence-corrected chi connectivity index (χ4v) is 4.19. The van der Waals surface area contributed by atoms with E-state index in [9.17, 15) is 4.79 Å². The molecule has 0 radical (unpaired) electrons. The number of pyridine rings is 1. The van der Waals surface area contributed by atoms with Crippen molar-refractivity contribution in [3.63, 3.8) is 0 Å². The van der Waals surface area contributed by atoms with Gasteiger partial charge in [-0.3, -0.25) is 14.7 Å². The summed E-state index contributed by atoms with van der Waals surface area (Å²) in [5.41, 5.74) is 2.07. The van der Waals surface area contributed by atoms with E-state index in [0.29, 0.717) is 28.7 Å². The molecule has 2 aromatic carbocycles. The quantitative estimate of drug-likeness (QED) is 0.481. The number of methoxy groups -OCH3 is 1. The first-order chi connectivity index (χ1) is 14.7. The Bertz CT molecular complexity index is 1230. The van der Waals surface area contributed by atoms with E-state index < -0.39 is 0 Å². The number of anilines is 1. The zero-order valence-electron chi connectivity index (χ0n) is 16.1. The summed E-state index contributed by atoms with van der Waals surface area (Å²) in [5, 5.41) is 0.589. The van der Waals surface area contributed by atoms with Crippen LogP contribution >= 0.6 is 11.3 Å². The van der Waals surface area contributed by atoms with Crippen molar-refractivity contribution in [2.75, 3.05) is 18.8 Å². The smallest absolute Gasteiger partial charge is 0.260 e. The van der Waals surface area contributed by atoms with Crippen molar-refractivity contribution in [2.45, 2.75) is 6.54 Å². The molecule has 1 aliphatic heterocycles. The van der Waals surface area contributed by atoms with Crippen LogP contribution in [0.5, 0.6) is 17.2 Å². The normalized spacial score (nSPS) is 12.2. The lowest BCUT2D eigenvalue weighted by Gasteiger charge is -2.19. The van der Waals surface area contributed by atoms with Gasteiger partial charge in [-0.15, -0.1) is 0 Å². The molecule has 0 fully saturated rings. The highest BCUT2D eigenvalue weighted by molar-refractivity contribution is 7.22. The molecule has 150 valence electrons. The molecular formula is C22H17N3O4S. The molecule has 0 N–H and O–H groups in total. The Morgan fingerprint density at radius 3 is 2.87 bits per heavy atom. The number of carbonyl (C=O) groups excluding carboxylic acids is 1. The summed E-state index contributed by atoms with van der Waals surface area (Å²) < 4.78 is 17.0. The molecule has 0 spiro atoms. The monoisotopic (exact) mass is 419 g/mol. The summed E-state index contributed by atoms with van der Waals surface area (Å²) in [7, 11) is 1.62. The third kappa shape index (κ3) is 3.42. The van der Waals surface area contributed by atoms with Crippen LogP contribution < -0.4 is 19.1 Å². The lowest BCUT2D eigenvalue weighted by molar-refractivity contribution is 0.0984. The Hall–Kier alpha value is -3.65. The molecule has 1 aliphatic rings. The number of ether oxygens (including phenoxy) is 3. The maximum atomic E-state index is 13.5. The molecular weight excluding hydrogens is 402 g/mol. The van der Waals surface area contributed by atoms with E-state index in [0.717, 1.165) is 21.7 Å². The van der Waals surface area contributed by atoms with E-state index in [4.69, 9.17) is 14.2 Å². The fraction of sp³-hybridized carbons (Fsp3) is 0.136. The Morgan fingerprint density at radius 1 is 1.13 bits per heavy atom. The summed E-state index contributed by atoms with van der Waals surface area (Å²) in [6.07, 6.45) is 1.71. The summed E-state index contributed by atoms with van der Waals surface area (Å²) in [6, 6.07) is 16.5. The maximum Gasteiger partial charge on any atom is 0.260 e. The average Bonchev–Trinajstić information content (AvgIpc) is 3.43. The van der Waals surface area contributed by atoms with Crippen LogP contribution in [0.4, 0.5) is 5.13 Å². The largest absolute Gasteiger partial charge is 0.497 e. The molecule has 0 atom stereocenters. The lowest BCUT2D eigenvalue weighted by Crippen LogP contribution is -2.30. The van der Waals surface area contributed by atoms with Crippen LogP contribution in [0.15, 0.2) is 60.8 Å². The number of fused-ring (bicyclic) bond motifs is 2. The van der Waals surface area contributed by atoms with Crippen LogP contribution in [-0.4, -0.2) is 29.8 Å². The Balaban J connectivity index is 1.55. The van der Waals surface area contributed by atoms with Gasteiger partial charge in [-0.2, -0.15) is 0 Å². The fourth-order valence-electron chi connectivity index (χ4n) is 3.20. The molecule has 8 heteroatoms. The second-order valence-corrected chi connectivity index (χ2v) is 7.62. The van der Waals surface area contributed by atoms with Crippen molar-refractivity contribution in [1.29, 1.82) is 0 Å². The van der Waals surface area contributed by atoms with E-state index in [-0.39, 0.29) is 12.7 Å². The molecule has 7 nitrogen and oxygen atoms in total. The first kappa shape index (κ1) is 18.4. The summed E-state index contributed by atoms with van der Waals surface area (Å²) in [4.78, 5) is 24.2. The molecule has 0 bridgehead atoms. The zero-order valence-corrected chi connectivity index (χ0v) is 16.9. The van der Waals surface area contributed by atoms with Gasteiger partial charge in [0.15, 0.2) is 16.6 Å². The lowest BCUT2D eigenvalue weighted by atomic mass is 10.1. The van der Waals surface area contributed by atoms with Gasteiger partial charge in [0.2, 0.25) is 6.79 Å². The third-order valence-electron chi connectivity index (χ3n) is 4.73. The van der Waals surface area contributed by atoms with Gasteiger partial charge in [-0.05, 0) is 48.5 Å². The molecule has 0 aliphatic carbocycles. The zero-order chi connectivity index (χ0) is 20.5. The summed E-state index contributed by atoms with van der Waals surface area (Å²) in [5.74, 6) is 1.75. The van der Waals surface area contributed by atoms with Crippen molar-refractivity contribution >= 4 is 32.6 Å². The first-order valence-corrected chi connectivity index (χ1v) is 10.1. The van der Waals surface area contributed by atoms with Gasteiger partial charge in [0.25, 0.3) is 5.91 Å². The van der Waals surface area contributed by atoms with Crippen LogP contribution in [-0.2, 0) is 6.54 Å². The highest BCUT2D eigenvalue weighted by atomic mass is 32.1. The van der Waals surface area contributed by atoms with Crippen LogP contribution in [0.25, 0.3) is 10.2 Å². The molecule has 0 saturated carbocycles. The molecule has 1 amide bonds. The van der Waals surface area contributed by atoms with Gasteiger partial charge in [-0.1, -0.05) is 17.4 Å². The van der Waals surface area contributed by atoms with E-state index >= 15 is 0 Å². The minimum atomic E-state index is -0.190. The van der Waals surface area contributed by atoms with Crippen molar-refractivity contribution < 1.29 is 19.0 Å². The molecule has 4 aromatic rings. The Labute approximate surface area is 176 Å². The number of hydrogen-bond acceptors (Lipinski definition) is 7. The predicted octanol–water partition coefficient (Wildman–Crippen LogP) is 4.28. The minimum Gasteiger partial charge on any atom is -0.497 e. The van der Waals surface area contributed by atoms with E-state index in [1.807, 2.05) is 36.4 Å². The summed E-state index contributed by atoms with van der Waals surface area (Å²) in [6.45, 7) is 0.454. The molecule has 30 heavy (non-hydrogen) atoms. The van der Waals surface area contributed by atoms with Crippen LogP contribution in [0.1, 0.15) is 16.1 Å². The highest BCUT2D eigenvalue weighted by Gasteiger charge is 2.24.